The first-order valence-corrected chi connectivity index (χ1v) is 10.6. The van der Waals surface area contributed by atoms with E-state index >= 15 is 0 Å². The van der Waals surface area contributed by atoms with Gasteiger partial charge in [-0.3, -0.25) is 4.79 Å². The summed E-state index contributed by atoms with van der Waals surface area (Å²) in [5.74, 6) is -0.229. The number of aliphatic carboxylic acids is 1. The van der Waals surface area contributed by atoms with E-state index in [2.05, 4.69) is 22.4 Å². The maximum absolute atomic E-state index is 11.1. The lowest BCUT2D eigenvalue weighted by Crippen LogP contribution is -2.04. The van der Waals surface area contributed by atoms with Crippen molar-refractivity contribution >= 4 is 17.0 Å². The van der Waals surface area contributed by atoms with E-state index in [9.17, 15) is 4.79 Å². The van der Waals surface area contributed by atoms with E-state index in [0.29, 0.717) is 13.2 Å². The van der Waals surface area contributed by atoms with Crippen molar-refractivity contribution in [3.05, 3.63) is 102 Å². The van der Waals surface area contributed by atoms with Crippen molar-refractivity contribution in [1.82, 2.24) is 15.0 Å². The summed E-state index contributed by atoms with van der Waals surface area (Å²) in [6, 6.07) is 23.8. The van der Waals surface area contributed by atoms with E-state index in [1.807, 2.05) is 84.4 Å². The van der Waals surface area contributed by atoms with Crippen molar-refractivity contribution in [3.8, 4) is 5.75 Å². The van der Waals surface area contributed by atoms with Crippen molar-refractivity contribution < 1.29 is 14.6 Å². The van der Waals surface area contributed by atoms with Crippen molar-refractivity contribution in [2.45, 2.75) is 32.4 Å². The maximum atomic E-state index is 11.1. The highest BCUT2D eigenvalue weighted by Gasteiger charge is 2.12. The lowest BCUT2D eigenvalue weighted by atomic mass is 9.95. The number of rotatable bonds is 9. The quantitative estimate of drug-likeness (QED) is 0.372. The predicted octanol–water partition coefficient (Wildman–Crippen LogP) is 5.19. The summed E-state index contributed by atoms with van der Waals surface area (Å²) in [6.07, 6.45) is 3.85. The molecule has 1 heterocycles. The number of carbonyl (C=O) groups is 1. The van der Waals surface area contributed by atoms with Gasteiger partial charge in [0.25, 0.3) is 0 Å². The number of aromatic nitrogens is 3. The molecule has 1 N–H and O–H groups in total. The molecule has 4 aromatic rings. The summed E-state index contributed by atoms with van der Waals surface area (Å²) in [7, 11) is 0. The lowest BCUT2D eigenvalue weighted by Gasteiger charge is -2.12. The van der Waals surface area contributed by atoms with Gasteiger partial charge in [0.2, 0.25) is 0 Å². The van der Waals surface area contributed by atoms with Crippen LogP contribution in [0.3, 0.4) is 0 Å². The van der Waals surface area contributed by atoms with Crippen LogP contribution in [0.5, 0.6) is 5.75 Å². The van der Waals surface area contributed by atoms with Crippen LogP contribution in [0, 0.1) is 0 Å². The Morgan fingerprint density at radius 3 is 2.56 bits per heavy atom. The van der Waals surface area contributed by atoms with E-state index in [-0.39, 0.29) is 12.3 Å². The molecule has 0 aliphatic rings. The molecular weight excluding hydrogens is 402 g/mol. The molecule has 6 heteroatoms. The summed E-state index contributed by atoms with van der Waals surface area (Å²) in [5.41, 5.74) is 4.95. The fourth-order valence-electron chi connectivity index (χ4n) is 3.68. The molecule has 1 atom stereocenters. The molecular formula is C26H25N3O3. The van der Waals surface area contributed by atoms with Gasteiger partial charge in [-0.15, -0.1) is 5.10 Å². The molecule has 0 radical (unpaired) electrons. The van der Waals surface area contributed by atoms with Crippen molar-refractivity contribution in [3.63, 3.8) is 0 Å². The Morgan fingerprint density at radius 1 is 1.06 bits per heavy atom. The number of hydrogen-bond acceptors (Lipinski definition) is 4. The van der Waals surface area contributed by atoms with E-state index in [1.165, 1.54) is 5.56 Å². The van der Waals surface area contributed by atoms with Crippen LogP contribution in [0.2, 0.25) is 0 Å². The van der Waals surface area contributed by atoms with Crippen molar-refractivity contribution in [1.29, 1.82) is 0 Å². The Hall–Kier alpha value is -3.93. The summed E-state index contributed by atoms with van der Waals surface area (Å²) >= 11 is 0. The van der Waals surface area contributed by atoms with Gasteiger partial charge in [-0.2, -0.15) is 0 Å². The summed E-state index contributed by atoms with van der Waals surface area (Å²) in [6.45, 7) is 2.98. The second kappa shape index (κ2) is 9.92. The molecule has 0 spiro atoms. The minimum atomic E-state index is -0.815. The molecule has 0 saturated carbocycles. The Labute approximate surface area is 186 Å². The average molecular weight is 428 g/mol. The molecule has 162 valence electrons. The van der Waals surface area contributed by atoms with Gasteiger partial charge in [0.1, 0.15) is 17.9 Å². The standard InChI is InChI=1S/C26H25N3O3/c1-2-6-22(16-26(30)31)21-10-12-23(13-11-21)32-18-20-9-14-25-24(15-20)27-28-29(25)17-19-7-4-3-5-8-19/h2-15,22H,16-18H2,1H3,(H,30,31)/t22-/m1/s1. The number of nitrogens with zero attached hydrogens (tertiary/aromatic N) is 3. The number of benzene rings is 3. The van der Waals surface area contributed by atoms with Gasteiger partial charge in [0.05, 0.1) is 18.5 Å². The average Bonchev–Trinajstić information content (AvgIpc) is 3.20. The fraction of sp³-hybridized carbons (Fsp3) is 0.192. The minimum absolute atomic E-state index is 0.0650. The third-order valence-electron chi connectivity index (χ3n) is 5.29. The van der Waals surface area contributed by atoms with E-state index in [1.54, 1.807) is 0 Å². The number of ether oxygens (including phenoxy) is 1. The van der Waals surface area contributed by atoms with Crippen LogP contribution in [0.15, 0.2) is 84.9 Å². The fourth-order valence-corrected chi connectivity index (χ4v) is 3.68. The molecule has 0 aliphatic carbocycles. The zero-order chi connectivity index (χ0) is 22.3. The van der Waals surface area contributed by atoms with Crippen LogP contribution >= 0.6 is 0 Å². The number of allylic oxidation sites excluding steroid dienone is 2. The van der Waals surface area contributed by atoms with Crippen LogP contribution in [0.4, 0.5) is 0 Å². The summed E-state index contributed by atoms with van der Waals surface area (Å²) in [4.78, 5) is 11.1. The normalized spacial score (nSPS) is 12.3. The number of fused-ring (bicyclic) bond motifs is 1. The molecule has 0 fully saturated rings. The van der Waals surface area contributed by atoms with Gasteiger partial charge >= 0.3 is 5.97 Å². The van der Waals surface area contributed by atoms with E-state index in [0.717, 1.165) is 27.9 Å². The van der Waals surface area contributed by atoms with Crippen LogP contribution in [-0.4, -0.2) is 26.1 Å². The number of hydrogen-bond donors (Lipinski definition) is 1. The van der Waals surface area contributed by atoms with E-state index in [4.69, 9.17) is 9.84 Å². The van der Waals surface area contributed by atoms with Gasteiger partial charge in [-0.1, -0.05) is 65.9 Å². The van der Waals surface area contributed by atoms with E-state index < -0.39 is 5.97 Å². The lowest BCUT2D eigenvalue weighted by molar-refractivity contribution is -0.137. The first kappa shape index (κ1) is 21.3. The third-order valence-corrected chi connectivity index (χ3v) is 5.29. The molecule has 32 heavy (non-hydrogen) atoms. The van der Waals surface area contributed by atoms with Gasteiger partial charge in [0, 0.05) is 5.92 Å². The largest absolute Gasteiger partial charge is 0.489 e. The van der Waals surface area contributed by atoms with Crippen LogP contribution in [-0.2, 0) is 17.9 Å². The zero-order valence-electron chi connectivity index (χ0n) is 17.9. The first-order chi connectivity index (χ1) is 15.6. The van der Waals surface area contributed by atoms with Gasteiger partial charge in [-0.25, -0.2) is 4.68 Å². The Kier molecular flexibility index (Phi) is 6.60. The molecule has 4 rings (SSSR count). The Bertz CT molecular complexity index is 1210. The minimum Gasteiger partial charge on any atom is -0.489 e. The maximum Gasteiger partial charge on any atom is 0.304 e. The summed E-state index contributed by atoms with van der Waals surface area (Å²) in [5, 5.41) is 17.7. The van der Waals surface area contributed by atoms with Crippen molar-refractivity contribution in [2.75, 3.05) is 0 Å². The first-order valence-electron chi connectivity index (χ1n) is 10.6. The van der Waals surface area contributed by atoms with Crippen molar-refractivity contribution in [2.24, 2.45) is 0 Å². The topological polar surface area (TPSA) is 77.2 Å². The van der Waals surface area contributed by atoms with Gasteiger partial charge in [-0.05, 0) is 47.9 Å². The number of carboxylic acids is 1. The third kappa shape index (κ3) is 5.21. The monoisotopic (exact) mass is 427 g/mol. The summed E-state index contributed by atoms with van der Waals surface area (Å²) < 4.78 is 7.83. The Balaban J connectivity index is 1.41. The smallest absolute Gasteiger partial charge is 0.304 e. The molecule has 0 bridgehead atoms. The highest BCUT2D eigenvalue weighted by Crippen LogP contribution is 2.24. The SMILES string of the molecule is CC=C[C@H](CC(=O)O)c1ccc(OCc2ccc3c(c2)nnn3Cc2ccccc2)cc1. The number of carboxylic acid groups (broad SMARTS) is 1. The molecule has 6 nitrogen and oxygen atoms in total. The molecule has 0 aliphatic heterocycles. The van der Waals surface area contributed by atoms with Gasteiger partial charge in [0.15, 0.2) is 0 Å². The predicted molar refractivity (Wildman–Crippen MR) is 124 cm³/mol. The highest BCUT2D eigenvalue weighted by molar-refractivity contribution is 5.75. The highest BCUT2D eigenvalue weighted by atomic mass is 16.5. The molecule has 1 aromatic heterocycles. The molecule has 0 unspecified atom stereocenters. The molecule has 3 aromatic carbocycles. The van der Waals surface area contributed by atoms with Gasteiger partial charge < -0.3 is 9.84 Å². The zero-order valence-corrected chi connectivity index (χ0v) is 17.9. The molecule has 0 amide bonds. The van der Waals surface area contributed by atoms with Crippen LogP contribution < -0.4 is 4.74 Å². The second-order valence-electron chi connectivity index (χ2n) is 7.64. The van der Waals surface area contributed by atoms with Crippen LogP contribution in [0.25, 0.3) is 11.0 Å². The molecule has 0 saturated heterocycles. The van der Waals surface area contributed by atoms with Crippen LogP contribution in [0.1, 0.15) is 36.0 Å². The second-order valence-corrected chi connectivity index (χ2v) is 7.64. The Morgan fingerprint density at radius 2 is 1.84 bits per heavy atom.